The zero-order chi connectivity index (χ0) is 19.0. The number of carbonyl (C=O) groups excluding carboxylic acids is 3. The van der Waals surface area contributed by atoms with Gasteiger partial charge in [0.1, 0.15) is 5.75 Å². The Morgan fingerprint density at radius 3 is 2.20 bits per heavy atom. The predicted octanol–water partition coefficient (Wildman–Crippen LogP) is 2.42. The number of ketones is 1. The first-order valence-corrected chi connectivity index (χ1v) is 8.43. The average molecular weight is 348 g/mol. The van der Waals surface area contributed by atoms with Crippen molar-refractivity contribution in [1.29, 1.82) is 0 Å². The first kappa shape index (κ1) is 20.7. The summed E-state index contributed by atoms with van der Waals surface area (Å²) in [4.78, 5) is 37.4. The molecule has 1 rings (SSSR count). The Kier molecular flexibility index (Phi) is 7.61. The van der Waals surface area contributed by atoms with E-state index >= 15 is 0 Å². The van der Waals surface area contributed by atoms with E-state index in [0.717, 1.165) is 0 Å². The molecule has 1 aromatic rings. The normalized spacial score (nSPS) is 10.9. The standard InChI is InChI=1S/C19H28N2O4/c1-6-25-15-9-7-14(8-10-15)16(22)11-12-18(24)21(5)13-17(23)20-19(2,3)4/h7-10H,6,11-13H2,1-5H3,(H,20,23). The lowest BCUT2D eigenvalue weighted by Gasteiger charge is -2.23. The molecule has 25 heavy (non-hydrogen) atoms. The molecule has 1 N–H and O–H groups in total. The molecule has 0 aliphatic carbocycles. The van der Waals surface area contributed by atoms with Gasteiger partial charge in [-0.2, -0.15) is 0 Å². The molecule has 0 saturated carbocycles. The highest BCUT2D eigenvalue weighted by atomic mass is 16.5. The molecule has 0 heterocycles. The smallest absolute Gasteiger partial charge is 0.240 e. The van der Waals surface area contributed by atoms with Crippen molar-refractivity contribution in [3.05, 3.63) is 29.8 Å². The summed E-state index contributed by atoms with van der Waals surface area (Å²) >= 11 is 0. The number of Topliss-reactive ketones (excluding diaryl/α,β-unsaturated/α-hetero) is 1. The van der Waals surface area contributed by atoms with E-state index in [1.807, 2.05) is 27.7 Å². The van der Waals surface area contributed by atoms with Crippen LogP contribution in [0.15, 0.2) is 24.3 Å². The van der Waals surface area contributed by atoms with Crippen molar-refractivity contribution in [3.8, 4) is 5.75 Å². The van der Waals surface area contributed by atoms with Crippen LogP contribution in [-0.4, -0.2) is 48.2 Å². The second kappa shape index (κ2) is 9.20. The molecule has 1 aromatic carbocycles. The van der Waals surface area contributed by atoms with Gasteiger partial charge in [0.2, 0.25) is 11.8 Å². The fourth-order valence-corrected chi connectivity index (χ4v) is 2.22. The lowest BCUT2D eigenvalue weighted by molar-refractivity contribution is -0.135. The van der Waals surface area contributed by atoms with E-state index in [1.165, 1.54) is 4.90 Å². The number of rotatable bonds is 8. The molecule has 6 heteroatoms. The van der Waals surface area contributed by atoms with Crippen molar-refractivity contribution in [2.75, 3.05) is 20.2 Å². The van der Waals surface area contributed by atoms with Gasteiger partial charge in [-0.05, 0) is 52.0 Å². The van der Waals surface area contributed by atoms with E-state index in [-0.39, 0.29) is 42.5 Å². The number of ether oxygens (including phenoxy) is 1. The van der Waals surface area contributed by atoms with Gasteiger partial charge in [-0.1, -0.05) is 0 Å². The van der Waals surface area contributed by atoms with Gasteiger partial charge in [0, 0.05) is 31.0 Å². The van der Waals surface area contributed by atoms with Gasteiger partial charge in [-0.25, -0.2) is 0 Å². The van der Waals surface area contributed by atoms with E-state index in [0.29, 0.717) is 17.9 Å². The molecule has 0 radical (unpaired) electrons. The number of nitrogens with one attached hydrogen (secondary N) is 1. The Morgan fingerprint density at radius 1 is 1.08 bits per heavy atom. The van der Waals surface area contributed by atoms with Crippen LogP contribution in [0.4, 0.5) is 0 Å². The number of nitrogens with zero attached hydrogens (tertiary/aromatic N) is 1. The largest absolute Gasteiger partial charge is 0.494 e. The molecule has 0 saturated heterocycles. The number of likely N-dealkylation sites (N-methyl/N-ethyl adjacent to an activating group) is 1. The summed E-state index contributed by atoms with van der Waals surface area (Å²) in [5, 5.41) is 2.80. The number of carbonyl (C=O) groups is 3. The average Bonchev–Trinajstić information content (AvgIpc) is 2.51. The highest BCUT2D eigenvalue weighted by Gasteiger charge is 2.18. The molecule has 0 bridgehead atoms. The summed E-state index contributed by atoms with van der Waals surface area (Å²) < 4.78 is 5.33. The van der Waals surface area contributed by atoms with Crippen LogP contribution in [0.1, 0.15) is 50.9 Å². The Morgan fingerprint density at radius 2 is 1.68 bits per heavy atom. The van der Waals surface area contributed by atoms with Crippen molar-refractivity contribution in [1.82, 2.24) is 10.2 Å². The molecule has 138 valence electrons. The maximum atomic E-state index is 12.2. The molecule has 0 unspecified atom stereocenters. The molecule has 0 atom stereocenters. The number of hydrogen-bond acceptors (Lipinski definition) is 4. The van der Waals surface area contributed by atoms with Crippen molar-refractivity contribution >= 4 is 17.6 Å². The van der Waals surface area contributed by atoms with Crippen LogP contribution in [0.5, 0.6) is 5.75 Å². The van der Waals surface area contributed by atoms with Gasteiger partial charge in [-0.15, -0.1) is 0 Å². The number of benzene rings is 1. The van der Waals surface area contributed by atoms with E-state index in [9.17, 15) is 14.4 Å². The highest BCUT2D eigenvalue weighted by molar-refractivity contribution is 5.98. The second-order valence-corrected chi connectivity index (χ2v) is 6.93. The molecule has 2 amide bonds. The van der Waals surface area contributed by atoms with Crippen molar-refractivity contribution < 1.29 is 19.1 Å². The van der Waals surface area contributed by atoms with Crippen LogP contribution < -0.4 is 10.1 Å². The Bertz CT molecular complexity index is 603. The van der Waals surface area contributed by atoms with Gasteiger partial charge in [0.25, 0.3) is 0 Å². The SMILES string of the molecule is CCOc1ccc(C(=O)CCC(=O)N(C)CC(=O)NC(C)(C)C)cc1. The fraction of sp³-hybridized carbons (Fsp3) is 0.526. The predicted molar refractivity (Wildman–Crippen MR) is 96.7 cm³/mol. The van der Waals surface area contributed by atoms with Crippen LogP contribution >= 0.6 is 0 Å². The maximum absolute atomic E-state index is 12.2. The Hall–Kier alpha value is -2.37. The van der Waals surface area contributed by atoms with Gasteiger partial charge in [0.05, 0.1) is 13.2 Å². The van der Waals surface area contributed by atoms with Gasteiger partial charge in [-0.3, -0.25) is 14.4 Å². The minimum Gasteiger partial charge on any atom is -0.494 e. The summed E-state index contributed by atoms with van der Waals surface area (Å²) in [7, 11) is 1.56. The molecular weight excluding hydrogens is 320 g/mol. The van der Waals surface area contributed by atoms with E-state index < -0.39 is 0 Å². The molecular formula is C19H28N2O4. The quantitative estimate of drug-likeness (QED) is 0.732. The van der Waals surface area contributed by atoms with Gasteiger partial charge in [0.15, 0.2) is 5.78 Å². The Balaban J connectivity index is 2.46. The highest BCUT2D eigenvalue weighted by Crippen LogP contribution is 2.14. The van der Waals surface area contributed by atoms with Crippen LogP contribution in [0.2, 0.25) is 0 Å². The summed E-state index contributed by atoms with van der Waals surface area (Å²) in [5.74, 6) is 0.146. The van der Waals surface area contributed by atoms with E-state index in [2.05, 4.69) is 5.32 Å². The van der Waals surface area contributed by atoms with Crippen LogP contribution in [0.25, 0.3) is 0 Å². The lowest BCUT2D eigenvalue weighted by atomic mass is 10.1. The summed E-state index contributed by atoms with van der Waals surface area (Å²) in [6.45, 7) is 8.07. The van der Waals surface area contributed by atoms with Crippen LogP contribution in [-0.2, 0) is 9.59 Å². The molecule has 0 spiro atoms. The van der Waals surface area contributed by atoms with Crippen LogP contribution in [0, 0.1) is 0 Å². The van der Waals surface area contributed by atoms with Crippen molar-refractivity contribution in [2.24, 2.45) is 0 Å². The molecule has 0 aliphatic rings. The van der Waals surface area contributed by atoms with E-state index in [4.69, 9.17) is 4.74 Å². The van der Waals surface area contributed by atoms with Gasteiger partial charge < -0.3 is 15.0 Å². The molecule has 0 aliphatic heterocycles. The minimum atomic E-state index is -0.343. The van der Waals surface area contributed by atoms with Crippen molar-refractivity contribution in [3.63, 3.8) is 0 Å². The third-order valence-electron chi connectivity index (χ3n) is 3.37. The first-order chi connectivity index (χ1) is 11.6. The second-order valence-electron chi connectivity index (χ2n) is 6.93. The first-order valence-electron chi connectivity index (χ1n) is 8.43. The lowest BCUT2D eigenvalue weighted by Crippen LogP contribution is -2.46. The minimum absolute atomic E-state index is 0.0205. The fourth-order valence-electron chi connectivity index (χ4n) is 2.22. The summed E-state index contributed by atoms with van der Waals surface area (Å²) in [6, 6.07) is 6.86. The van der Waals surface area contributed by atoms with Gasteiger partial charge >= 0.3 is 0 Å². The maximum Gasteiger partial charge on any atom is 0.240 e. The monoisotopic (exact) mass is 348 g/mol. The summed E-state index contributed by atoms with van der Waals surface area (Å²) in [6.07, 6.45) is 0.184. The Labute approximate surface area is 149 Å². The van der Waals surface area contributed by atoms with E-state index in [1.54, 1.807) is 31.3 Å². The third kappa shape index (κ3) is 7.83. The van der Waals surface area contributed by atoms with Crippen molar-refractivity contribution in [2.45, 2.75) is 46.1 Å². The number of amides is 2. The molecule has 0 fully saturated rings. The zero-order valence-corrected chi connectivity index (χ0v) is 15.7. The molecule has 6 nitrogen and oxygen atoms in total. The molecule has 0 aromatic heterocycles. The number of hydrogen-bond donors (Lipinski definition) is 1. The van der Waals surface area contributed by atoms with Crippen LogP contribution in [0.3, 0.4) is 0 Å². The summed E-state index contributed by atoms with van der Waals surface area (Å²) in [5.41, 5.74) is 0.203. The zero-order valence-electron chi connectivity index (χ0n) is 15.7. The third-order valence-corrected chi connectivity index (χ3v) is 3.37. The topological polar surface area (TPSA) is 75.7 Å².